The molecule has 0 aliphatic heterocycles. The van der Waals surface area contributed by atoms with Gasteiger partial charge in [0.05, 0.1) is 11.0 Å². The summed E-state index contributed by atoms with van der Waals surface area (Å²) in [6, 6.07) is 12.6. The second-order valence-corrected chi connectivity index (χ2v) is 10.3. The number of rotatable bonds is 5. The third-order valence-corrected chi connectivity index (χ3v) is 8.15. The van der Waals surface area contributed by atoms with E-state index in [9.17, 15) is 22.5 Å². The van der Waals surface area contributed by atoms with Crippen LogP contribution in [0.25, 0.3) is 22.2 Å². The van der Waals surface area contributed by atoms with E-state index < -0.39 is 26.2 Å². The van der Waals surface area contributed by atoms with Crippen molar-refractivity contribution in [3.05, 3.63) is 72.1 Å². The summed E-state index contributed by atoms with van der Waals surface area (Å²) in [5.74, 6) is -1.67. The molecule has 166 valence electrons. The molecule has 4 aromatic rings. The lowest BCUT2D eigenvalue weighted by atomic mass is 10.0. The van der Waals surface area contributed by atoms with Crippen molar-refractivity contribution in [3.63, 3.8) is 0 Å². The van der Waals surface area contributed by atoms with Gasteiger partial charge >= 0.3 is 0 Å². The van der Waals surface area contributed by atoms with E-state index in [1.54, 1.807) is 25.3 Å². The third-order valence-electron chi connectivity index (χ3n) is 5.74. The molecular weight excluding hydrogens is 448 g/mol. The van der Waals surface area contributed by atoms with Crippen LogP contribution in [0, 0.1) is 29.9 Å². The number of hydrogen-bond donors (Lipinski definition) is 1. The summed E-state index contributed by atoms with van der Waals surface area (Å²) in [6.07, 6.45) is 2.25. The van der Waals surface area contributed by atoms with Crippen molar-refractivity contribution in [3.8, 4) is 28.7 Å². The quantitative estimate of drug-likeness (QED) is 0.424. The van der Waals surface area contributed by atoms with Crippen molar-refractivity contribution in [2.24, 2.45) is 0 Å². The van der Waals surface area contributed by atoms with Crippen molar-refractivity contribution in [1.29, 1.82) is 5.26 Å². The number of hydrogen-bond acceptors (Lipinski definition) is 5. The number of H-pyrrole nitrogens is 1. The lowest BCUT2D eigenvalue weighted by Gasteiger charge is -2.16. The number of nitrogens with zero attached hydrogens (tertiary/aromatic N) is 2. The molecule has 0 amide bonds. The van der Waals surface area contributed by atoms with E-state index in [4.69, 9.17) is 4.74 Å². The molecule has 2 aromatic heterocycles. The van der Waals surface area contributed by atoms with Crippen LogP contribution in [-0.2, 0) is 9.84 Å². The van der Waals surface area contributed by atoms with E-state index in [2.05, 4.69) is 9.97 Å². The van der Waals surface area contributed by atoms with Crippen LogP contribution in [0.2, 0.25) is 0 Å². The predicted octanol–water partition coefficient (Wildman–Crippen LogP) is 5.44. The zero-order valence-electron chi connectivity index (χ0n) is 17.4. The molecule has 6 nitrogen and oxygen atoms in total. The minimum Gasteiger partial charge on any atom is -0.454 e. The summed E-state index contributed by atoms with van der Waals surface area (Å²) < 4.78 is 58.4. The molecule has 0 bridgehead atoms. The number of aromatic nitrogens is 2. The van der Waals surface area contributed by atoms with Gasteiger partial charge in [-0.25, -0.2) is 22.2 Å². The highest BCUT2D eigenvalue weighted by Gasteiger charge is 2.56. The van der Waals surface area contributed by atoms with Gasteiger partial charge in [-0.15, -0.1) is 0 Å². The summed E-state index contributed by atoms with van der Waals surface area (Å²) in [5.41, 5.74) is 2.26. The number of sulfone groups is 1. The van der Waals surface area contributed by atoms with Crippen molar-refractivity contribution >= 4 is 20.9 Å². The molecule has 0 unspecified atom stereocenters. The maximum atomic E-state index is 14.3. The van der Waals surface area contributed by atoms with Crippen LogP contribution in [-0.4, -0.2) is 23.1 Å². The number of pyridine rings is 1. The monoisotopic (exact) mass is 465 g/mol. The highest BCUT2D eigenvalue weighted by Crippen LogP contribution is 2.48. The van der Waals surface area contributed by atoms with Gasteiger partial charge in [0.2, 0.25) is 0 Å². The number of nitriles is 1. The maximum Gasteiger partial charge on any atom is 0.197 e. The molecule has 1 aliphatic carbocycles. The fourth-order valence-electron chi connectivity index (χ4n) is 3.82. The molecule has 1 N–H and O–H groups in total. The van der Waals surface area contributed by atoms with Crippen LogP contribution in [0.4, 0.5) is 8.78 Å². The smallest absolute Gasteiger partial charge is 0.197 e. The second-order valence-electron chi connectivity index (χ2n) is 8.00. The molecule has 0 saturated heterocycles. The van der Waals surface area contributed by atoms with Gasteiger partial charge in [0.25, 0.3) is 0 Å². The lowest BCUT2D eigenvalue weighted by Crippen LogP contribution is -2.21. The molecule has 0 atom stereocenters. The Morgan fingerprint density at radius 2 is 1.82 bits per heavy atom. The van der Waals surface area contributed by atoms with Crippen LogP contribution in [0.15, 0.2) is 59.6 Å². The fraction of sp³-hybridized carbons (Fsp3) is 0.167. The molecule has 0 radical (unpaired) electrons. The molecule has 1 fully saturated rings. The third kappa shape index (κ3) is 3.43. The molecule has 1 saturated carbocycles. The number of fused-ring (bicyclic) bond motifs is 1. The first-order chi connectivity index (χ1) is 15.7. The largest absolute Gasteiger partial charge is 0.454 e. The highest BCUT2D eigenvalue weighted by molar-refractivity contribution is 7.93. The Bertz CT molecular complexity index is 1570. The zero-order chi connectivity index (χ0) is 23.4. The molecular formula is C24H17F2N3O3S. The first kappa shape index (κ1) is 21.1. The van der Waals surface area contributed by atoms with Gasteiger partial charge in [-0.2, -0.15) is 5.26 Å². The van der Waals surface area contributed by atoms with Crippen molar-refractivity contribution in [2.45, 2.75) is 29.4 Å². The van der Waals surface area contributed by atoms with Crippen LogP contribution >= 0.6 is 0 Å². The Kier molecular flexibility index (Phi) is 4.72. The normalized spacial score (nSPS) is 14.7. The Balaban J connectivity index is 1.73. The molecule has 0 spiro atoms. The Hall–Kier alpha value is -3.77. The predicted molar refractivity (Wildman–Crippen MR) is 117 cm³/mol. The lowest BCUT2D eigenvalue weighted by molar-refractivity contribution is 0.438. The average molecular weight is 465 g/mol. The van der Waals surface area contributed by atoms with Crippen LogP contribution in [0.3, 0.4) is 0 Å². The van der Waals surface area contributed by atoms with Gasteiger partial charge in [-0.1, -0.05) is 0 Å². The molecule has 2 aromatic carbocycles. The number of benzene rings is 2. The number of aryl methyl sites for hydroxylation is 1. The summed E-state index contributed by atoms with van der Waals surface area (Å²) in [6.45, 7) is 1.79. The van der Waals surface area contributed by atoms with Gasteiger partial charge in [-0.3, -0.25) is 0 Å². The Morgan fingerprint density at radius 3 is 2.52 bits per heavy atom. The summed E-state index contributed by atoms with van der Waals surface area (Å²) in [4.78, 5) is 7.44. The number of aromatic amines is 1. The molecule has 33 heavy (non-hydrogen) atoms. The van der Waals surface area contributed by atoms with Crippen molar-refractivity contribution in [1.82, 2.24) is 9.97 Å². The standard InChI is InChI=1S/C24H17F2N3O3S/c1-14-10-18(17-6-9-28-23(17)29-14)19-12-16(33(30,31)24(13-27)7-8-24)3-5-21(19)32-22-4-2-15(25)11-20(22)26/h2-6,9-12H,7-8H2,1H3,(H,28,29). The van der Waals surface area contributed by atoms with E-state index in [1.807, 2.05) is 6.07 Å². The van der Waals surface area contributed by atoms with Crippen LogP contribution in [0.5, 0.6) is 11.5 Å². The van der Waals surface area contributed by atoms with E-state index in [1.165, 1.54) is 18.2 Å². The van der Waals surface area contributed by atoms with Crippen molar-refractivity contribution in [2.75, 3.05) is 0 Å². The first-order valence-corrected chi connectivity index (χ1v) is 11.6. The maximum absolute atomic E-state index is 14.3. The van der Waals surface area contributed by atoms with E-state index in [-0.39, 0.29) is 29.2 Å². The molecule has 1 aliphatic rings. The fourth-order valence-corrected chi connectivity index (χ4v) is 5.55. The average Bonchev–Trinajstić information content (AvgIpc) is 3.47. The van der Waals surface area contributed by atoms with E-state index in [0.29, 0.717) is 33.9 Å². The van der Waals surface area contributed by atoms with Crippen LogP contribution in [0.1, 0.15) is 18.5 Å². The van der Waals surface area contributed by atoms with E-state index >= 15 is 0 Å². The Labute approximate surface area is 188 Å². The van der Waals surface area contributed by atoms with Gasteiger partial charge in [0.15, 0.2) is 26.2 Å². The minimum atomic E-state index is -3.93. The molecule has 5 rings (SSSR count). The van der Waals surface area contributed by atoms with Gasteiger partial charge < -0.3 is 9.72 Å². The molecule has 9 heteroatoms. The minimum absolute atomic E-state index is 0.0263. The SMILES string of the molecule is Cc1cc(-c2cc(S(=O)(=O)C3(C#N)CC3)ccc2Oc2ccc(F)cc2F)c2cc[nH]c2n1. The van der Waals surface area contributed by atoms with Gasteiger partial charge in [0, 0.05) is 28.9 Å². The van der Waals surface area contributed by atoms with Crippen LogP contribution < -0.4 is 4.74 Å². The molecule has 2 heterocycles. The number of ether oxygens (including phenoxy) is 1. The topological polar surface area (TPSA) is 95.8 Å². The number of nitrogens with one attached hydrogen (secondary N) is 1. The number of halogens is 2. The summed E-state index contributed by atoms with van der Waals surface area (Å²) >= 11 is 0. The van der Waals surface area contributed by atoms with Gasteiger partial charge in [0.1, 0.15) is 17.2 Å². The summed E-state index contributed by atoms with van der Waals surface area (Å²) in [5, 5.41) is 10.2. The highest BCUT2D eigenvalue weighted by atomic mass is 32.2. The Morgan fingerprint density at radius 1 is 1.06 bits per heavy atom. The second kappa shape index (κ2) is 7.39. The van der Waals surface area contributed by atoms with Gasteiger partial charge in [-0.05, 0) is 67.8 Å². The summed E-state index contributed by atoms with van der Waals surface area (Å²) in [7, 11) is -3.93. The van der Waals surface area contributed by atoms with Crippen molar-refractivity contribution < 1.29 is 21.9 Å². The zero-order valence-corrected chi connectivity index (χ0v) is 18.2. The van der Waals surface area contributed by atoms with E-state index in [0.717, 1.165) is 12.1 Å². The first-order valence-electron chi connectivity index (χ1n) is 10.1.